The summed E-state index contributed by atoms with van der Waals surface area (Å²) in [6.45, 7) is 2.00. The molecule has 0 aliphatic carbocycles. The zero-order valence-corrected chi connectivity index (χ0v) is 3.07. The SMILES string of the molecule is C=O.O.[Fe]. The third kappa shape index (κ3) is 127. The van der Waals surface area contributed by atoms with Gasteiger partial charge in [0.1, 0.15) is 6.79 Å². The number of hydrogen-bond donors (Lipinski definition) is 0. The van der Waals surface area contributed by atoms with Crippen LogP contribution in [0.1, 0.15) is 0 Å². The summed E-state index contributed by atoms with van der Waals surface area (Å²) in [5, 5.41) is 0. The van der Waals surface area contributed by atoms with Gasteiger partial charge in [0.05, 0.1) is 0 Å². The molecule has 0 amide bonds. The summed E-state index contributed by atoms with van der Waals surface area (Å²) in [4.78, 5) is 8.00. The molecular formula is CH4FeO2. The van der Waals surface area contributed by atoms with Crippen LogP contribution >= 0.6 is 0 Å². The van der Waals surface area contributed by atoms with Gasteiger partial charge in [0.15, 0.2) is 0 Å². The minimum atomic E-state index is 0. The van der Waals surface area contributed by atoms with Crippen LogP contribution in [0.2, 0.25) is 0 Å². The first-order chi connectivity index (χ1) is 1.00. The van der Waals surface area contributed by atoms with Crippen molar-refractivity contribution < 1.29 is 27.3 Å². The molecule has 0 heterocycles. The first-order valence-electron chi connectivity index (χ1n) is 0.289. The number of hydrogen-bond acceptors (Lipinski definition) is 1. The summed E-state index contributed by atoms with van der Waals surface area (Å²) in [6.07, 6.45) is 0. The van der Waals surface area contributed by atoms with E-state index in [1.807, 2.05) is 6.79 Å². The molecule has 4 heavy (non-hydrogen) atoms. The zero-order valence-electron chi connectivity index (χ0n) is 1.97. The monoisotopic (exact) mass is 104 g/mol. The molecular weight excluding hydrogens is 99.9 g/mol. The van der Waals surface area contributed by atoms with Crippen LogP contribution in [0.3, 0.4) is 0 Å². The van der Waals surface area contributed by atoms with Crippen molar-refractivity contribution in [3.63, 3.8) is 0 Å². The van der Waals surface area contributed by atoms with Gasteiger partial charge in [0, 0.05) is 17.1 Å². The predicted octanol–water partition coefficient (Wildman–Crippen LogP) is -1.01. The van der Waals surface area contributed by atoms with E-state index in [0.717, 1.165) is 0 Å². The van der Waals surface area contributed by atoms with E-state index in [4.69, 9.17) is 4.79 Å². The zero-order chi connectivity index (χ0) is 2.00. The maximum Gasteiger partial charge on any atom is 0.106 e. The summed E-state index contributed by atoms with van der Waals surface area (Å²) in [7, 11) is 0. The minimum Gasteiger partial charge on any atom is -0.412 e. The second kappa shape index (κ2) is 651. The molecule has 0 fully saturated rings. The average Bonchev–Trinajstić information content (AvgIpc) is 1.00. The third-order valence-electron chi connectivity index (χ3n) is 0. The Morgan fingerprint density at radius 2 is 1.25 bits per heavy atom. The van der Waals surface area contributed by atoms with Crippen molar-refractivity contribution in [1.29, 1.82) is 0 Å². The van der Waals surface area contributed by atoms with Gasteiger partial charge in [-0.15, -0.1) is 0 Å². The molecule has 0 aliphatic heterocycles. The fourth-order valence-electron chi connectivity index (χ4n) is 0. The van der Waals surface area contributed by atoms with Crippen molar-refractivity contribution in [1.82, 2.24) is 0 Å². The van der Waals surface area contributed by atoms with Crippen LogP contribution in [-0.2, 0) is 21.9 Å². The van der Waals surface area contributed by atoms with E-state index < -0.39 is 0 Å². The summed E-state index contributed by atoms with van der Waals surface area (Å²) in [5.41, 5.74) is 0. The quantitative estimate of drug-likeness (QED) is 0.363. The Kier molecular flexibility index (Phi) is 5070. The Hall–Kier alpha value is 0.149. The first-order valence-corrected chi connectivity index (χ1v) is 0.289. The van der Waals surface area contributed by atoms with Crippen LogP contribution in [0.5, 0.6) is 0 Å². The predicted molar refractivity (Wildman–Crippen MR) is 10.7 cm³/mol. The summed E-state index contributed by atoms with van der Waals surface area (Å²) < 4.78 is 0. The molecule has 0 rings (SSSR count). The van der Waals surface area contributed by atoms with Crippen LogP contribution in [0.4, 0.5) is 0 Å². The van der Waals surface area contributed by atoms with Crippen molar-refractivity contribution in [3.8, 4) is 0 Å². The van der Waals surface area contributed by atoms with Crippen LogP contribution in [0.15, 0.2) is 0 Å². The van der Waals surface area contributed by atoms with Gasteiger partial charge in [-0.25, -0.2) is 0 Å². The van der Waals surface area contributed by atoms with Crippen LogP contribution in [0, 0.1) is 0 Å². The summed E-state index contributed by atoms with van der Waals surface area (Å²) in [6, 6.07) is 0. The third-order valence-corrected chi connectivity index (χ3v) is 0. The number of carbonyl (C=O) groups excluding carboxylic acids is 1. The van der Waals surface area contributed by atoms with Gasteiger partial charge in [-0.05, 0) is 0 Å². The van der Waals surface area contributed by atoms with Gasteiger partial charge in [0.25, 0.3) is 0 Å². The molecule has 0 aromatic heterocycles. The van der Waals surface area contributed by atoms with Crippen LogP contribution < -0.4 is 0 Å². The van der Waals surface area contributed by atoms with Crippen molar-refractivity contribution >= 4 is 6.79 Å². The van der Waals surface area contributed by atoms with Gasteiger partial charge in [-0.3, -0.25) is 0 Å². The molecule has 2 nitrogen and oxygen atoms in total. The summed E-state index contributed by atoms with van der Waals surface area (Å²) in [5.74, 6) is 0. The van der Waals surface area contributed by atoms with Crippen molar-refractivity contribution in [3.05, 3.63) is 0 Å². The molecule has 0 radical (unpaired) electrons. The van der Waals surface area contributed by atoms with E-state index in [9.17, 15) is 0 Å². The standard InChI is InChI=1S/CH2O.Fe.H2O/c1-2;;/h1H2;;1H2. The van der Waals surface area contributed by atoms with Gasteiger partial charge in [-0.1, -0.05) is 0 Å². The molecule has 0 unspecified atom stereocenters. The van der Waals surface area contributed by atoms with E-state index in [1.54, 1.807) is 0 Å². The normalized spacial score (nSPS) is 1.00. The molecule has 0 saturated heterocycles. The van der Waals surface area contributed by atoms with Crippen molar-refractivity contribution in [2.45, 2.75) is 0 Å². The molecule has 0 atom stereocenters. The molecule has 0 saturated carbocycles. The van der Waals surface area contributed by atoms with Crippen LogP contribution in [0.25, 0.3) is 0 Å². The molecule has 0 aromatic rings. The topological polar surface area (TPSA) is 48.6 Å². The Morgan fingerprint density at radius 3 is 1.25 bits per heavy atom. The molecule has 28 valence electrons. The molecule has 0 spiro atoms. The van der Waals surface area contributed by atoms with E-state index in [-0.39, 0.29) is 22.5 Å². The Morgan fingerprint density at radius 1 is 1.25 bits per heavy atom. The number of rotatable bonds is 0. The van der Waals surface area contributed by atoms with E-state index in [1.165, 1.54) is 0 Å². The fraction of sp³-hybridized carbons (Fsp3) is 0. The smallest absolute Gasteiger partial charge is 0.106 e. The van der Waals surface area contributed by atoms with Gasteiger partial charge < -0.3 is 10.3 Å². The van der Waals surface area contributed by atoms with Crippen molar-refractivity contribution in [2.24, 2.45) is 0 Å². The van der Waals surface area contributed by atoms with E-state index >= 15 is 0 Å². The molecule has 3 heteroatoms. The van der Waals surface area contributed by atoms with Gasteiger partial charge in [-0.2, -0.15) is 0 Å². The molecule has 2 N–H and O–H groups in total. The van der Waals surface area contributed by atoms with Gasteiger partial charge in [0.2, 0.25) is 0 Å². The second-order valence-electron chi connectivity index (χ2n) is 0. The largest absolute Gasteiger partial charge is 0.412 e. The van der Waals surface area contributed by atoms with Crippen molar-refractivity contribution in [2.75, 3.05) is 0 Å². The average molecular weight is 104 g/mol. The molecule has 0 bridgehead atoms. The Labute approximate surface area is 35.0 Å². The number of carbonyl (C=O) groups is 1. The maximum absolute atomic E-state index is 8.00. The first kappa shape index (κ1) is 31.2. The fourth-order valence-corrected chi connectivity index (χ4v) is 0. The maximum atomic E-state index is 8.00. The minimum absolute atomic E-state index is 0. The molecule has 0 aliphatic rings. The van der Waals surface area contributed by atoms with E-state index in [0.29, 0.717) is 0 Å². The Bertz CT molecular complexity index is 6.00. The molecule has 0 aromatic carbocycles. The Balaban J connectivity index is -0.00000000500. The van der Waals surface area contributed by atoms with E-state index in [2.05, 4.69) is 0 Å². The second-order valence-corrected chi connectivity index (χ2v) is 0. The summed E-state index contributed by atoms with van der Waals surface area (Å²) >= 11 is 0. The van der Waals surface area contributed by atoms with Crippen LogP contribution in [-0.4, -0.2) is 12.3 Å². The van der Waals surface area contributed by atoms with Gasteiger partial charge >= 0.3 is 0 Å².